The molecule has 0 bridgehead atoms. The highest BCUT2D eigenvalue weighted by Crippen LogP contribution is 2.29. The molecule has 0 fully saturated rings. The SMILES string of the molecule is C#CCC/C=C1/C=C(B(O)O)SC1. The monoisotopic (exact) mass is 194 g/mol. The van der Waals surface area contributed by atoms with Crippen LogP contribution in [0.4, 0.5) is 0 Å². The average molecular weight is 194 g/mol. The normalized spacial score (nSPS) is 18.5. The lowest BCUT2D eigenvalue weighted by molar-refractivity contribution is 0.423. The molecule has 0 atom stereocenters. The molecule has 1 rings (SSSR count). The van der Waals surface area contributed by atoms with Crippen LogP contribution in [0.5, 0.6) is 0 Å². The Bertz CT molecular complexity index is 276. The lowest BCUT2D eigenvalue weighted by Crippen LogP contribution is -2.11. The van der Waals surface area contributed by atoms with E-state index < -0.39 is 7.12 Å². The van der Waals surface area contributed by atoms with E-state index in [9.17, 15) is 0 Å². The summed E-state index contributed by atoms with van der Waals surface area (Å²) < 4.78 is 0. The summed E-state index contributed by atoms with van der Waals surface area (Å²) >= 11 is 1.46. The van der Waals surface area contributed by atoms with Crippen molar-refractivity contribution in [2.24, 2.45) is 0 Å². The lowest BCUT2D eigenvalue weighted by Gasteiger charge is -1.93. The van der Waals surface area contributed by atoms with Gasteiger partial charge in [0.1, 0.15) is 0 Å². The molecule has 0 saturated carbocycles. The molecule has 1 aliphatic heterocycles. The molecule has 0 saturated heterocycles. The Hall–Kier alpha value is -0.625. The van der Waals surface area contributed by atoms with Gasteiger partial charge in [-0.15, -0.1) is 24.1 Å². The lowest BCUT2D eigenvalue weighted by atomic mass is 9.90. The third-order valence-corrected chi connectivity index (χ3v) is 2.82. The van der Waals surface area contributed by atoms with Crippen LogP contribution in [0, 0.1) is 12.3 Å². The molecule has 0 aromatic heterocycles. The summed E-state index contributed by atoms with van der Waals surface area (Å²) in [6, 6.07) is 0. The molecule has 0 amide bonds. The minimum atomic E-state index is -1.33. The smallest absolute Gasteiger partial charge is 0.423 e. The van der Waals surface area contributed by atoms with Crippen LogP contribution in [0.1, 0.15) is 12.8 Å². The fraction of sp³-hybridized carbons (Fsp3) is 0.333. The van der Waals surface area contributed by atoms with Crippen LogP contribution in [0.25, 0.3) is 0 Å². The molecule has 0 unspecified atom stereocenters. The topological polar surface area (TPSA) is 40.5 Å². The highest BCUT2D eigenvalue weighted by atomic mass is 32.2. The molecule has 1 heterocycles. The third kappa shape index (κ3) is 3.31. The van der Waals surface area contributed by atoms with Crippen LogP contribution < -0.4 is 0 Å². The van der Waals surface area contributed by atoms with Gasteiger partial charge in [-0.2, -0.15) is 0 Å². The van der Waals surface area contributed by atoms with Gasteiger partial charge in [0, 0.05) is 17.0 Å². The van der Waals surface area contributed by atoms with E-state index in [0.29, 0.717) is 4.80 Å². The molecule has 68 valence electrons. The maximum atomic E-state index is 8.85. The third-order valence-electron chi connectivity index (χ3n) is 1.68. The molecule has 0 aliphatic carbocycles. The number of hydrogen-bond acceptors (Lipinski definition) is 3. The van der Waals surface area contributed by atoms with E-state index in [2.05, 4.69) is 5.92 Å². The van der Waals surface area contributed by atoms with Gasteiger partial charge in [-0.05, 0) is 12.0 Å². The average Bonchev–Trinajstić information content (AvgIpc) is 2.53. The highest BCUT2D eigenvalue weighted by Gasteiger charge is 2.20. The molecule has 4 heteroatoms. The van der Waals surface area contributed by atoms with E-state index in [0.717, 1.165) is 24.2 Å². The van der Waals surface area contributed by atoms with Gasteiger partial charge in [0.15, 0.2) is 0 Å². The second-order valence-corrected chi connectivity index (χ2v) is 3.78. The molecule has 1 aliphatic rings. The zero-order valence-electron chi connectivity index (χ0n) is 7.23. The van der Waals surface area contributed by atoms with Gasteiger partial charge >= 0.3 is 7.12 Å². The Labute approximate surface area is 82.9 Å². The second-order valence-electron chi connectivity index (χ2n) is 2.73. The zero-order chi connectivity index (χ0) is 9.68. The predicted octanol–water partition coefficient (Wildman–Crippen LogP) is 0.969. The number of hydrogen-bond donors (Lipinski definition) is 2. The van der Waals surface area contributed by atoms with Crippen LogP contribution in [0.15, 0.2) is 22.5 Å². The molecule has 2 nitrogen and oxygen atoms in total. The number of terminal acetylenes is 1. The number of allylic oxidation sites excluding steroid dienone is 2. The van der Waals surface area contributed by atoms with Crippen molar-refractivity contribution < 1.29 is 10.0 Å². The Kier molecular flexibility index (Phi) is 4.17. The van der Waals surface area contributed by atoms with E-state index in [-0.39, 0.29) is 0 Å². The molecule has 13 heavy (non-hydrogen) atoms. The first-order valence-corrected chi connectivity index (χ1v) is 5.05. The largest absolute Gasteiger partial charge is 0.495 e. The molecule has 2 N–H and O–H groups in total. The Morgan fingerprint density at radius 2 is 2.46 bits per heavy atom. The number of rotatable bonds is 3. The summed E-state index contributed by atoms with van der Waals surface area (Å²) in [5, 5.41) is 17.7. The van der Waals surface area contributed by atoms with Crippen LogP contribution >= 0.6 is 11.8 Å². The molecule has 0 spiro atoms. The van der Waals surface area contributed by atoms with Crippen molar-refractivity contribution in [3.8, 4) is 12.3 Å². The highest BCUT2D eigenvalue weighted by molar-refractivity contribution is 8.05. The van der Waals surface area contributed by atoms with Gasteiger partial charge in [0.2, 0.25) is 0 Å². The van der Waals surface area contributed by atoms with Crippen LogP contribution in [-0.2, 0) is 0 Å². The first-order chi connectivity index (χ1) is 6.24. The van der Waals surface area contributed by atoms with E-state index in [1.165, 1.54) is 11.8 Å². The summed E-state index contributed by atoms with van der Waals surface area (Å²) in [4.78, 5) is 0.618. The van der Waals surface area contributed by atoms with Crippen molar-refractivity contribution >= 4 is 18.9 Å². The molecule has 0 aromatic rings. The van der Waals surface area contributed by atoms with Crippen LogP contribution in [0.3, 0.4) is 0 Å². The minimum absolute atomic E-state index is 0.618. The minimum Gasteiger partial charge on any atom is -0.423 e. The molecule has 0 aromatic carbocycles. The summed E-state index contributed by atoms with van der Waals surface area (Å²) in [7, 11) is -1.33. The zero-order valence-corrected chi connectivity index (χ0v) is 8.05. The summed E-state index contributed by atoms with van der Waals surface area (Å²) in [5.41, 5.74) is 1.13. The van der Waals surface area contributed by atoms with Gasteiger partial charge in [0.05, 0.1) is 0 Å². The fourth-order valence-corrected chi connectivity index (χ4v) is 1.96. The van der Waals surface area contributed by atoms with Crippen molar-refractivity contribution in [2.75, 3.05) is 5.75 Å². The number of unbranched alkanes of at least 4 members (excludes halogenated alkanes) is 1. The van der Waals surface area contributed by atoms with E-state index >= 15 is 0 Å². The molecular weight excluding hydrogens is 183 g/mol. The Morgan fingerprint density at radius 3 is 3.00 bits per heavy atom. The number of thioether (sulfide) groups is 1. The molecular formula is C9H11BO2S. The van der Waals surface area contributed by atoms with Crippen LogP contribution in [-0.4, -0.2) is 22.9 Å². The Morgan fingerprint density at radius 1 is 1.69 bits per heavy atom. The maximum absolute atomic E-state index is 8.85. The Balaban J connectivity index is 2.48. The van der Waals surface area contributed by atoms with Crippen molar-refractivity contribution in [2.45, 2.75) is 12.8 Å². The molecule has 0 radical (unpaired) electrons. The van der Waals surface area contributed by atoms with Crippen LogP contribution in [0.2, 0.25) is 0 Å². The maximum Gasteiger partial charge on any atom is 0.495 e. The van der Waals surface area contributed by atoms with Gasteiger partial charge in [-0.1, -0.05) is 12.2 Å². The standard InChI is InChI=1S/C9H11BO2S/c1-2-3-4-5-8-6-9(10(11)12)13-7-8/h1,5-6,11-12H,3-4,7H2/b8-5-. The fourth-order valence-electron chi connectivity index (χ4n) is 1.04. The van der Waals surface area contributed by atoms with Gasteiger partial charge in [-0.25, -0.2) is 0 Å². The first kappa shape index (κ1) is 10.5. The van der Waals surface area contributed by atoms with Crippen molar-refractivity contribution in [1.29, 1.82) is 0 Å². The van der Waals surface area contributed by atoms with Gasteiger partial charge < -0.3 is 10.0 Å². The summed E-state index contributed by atoms with van der Waals surface area (Å²) in [6.45, 7) is 0. The van der Waals surface area contributed by atoms with E-state index in [4.69, 9.17) is 16.5 Å². The van der Waals surface area contributed by atoms with Gasteiger partial charge in [-0.3, -0.25) is 0 Å². The van der Waals surface area contributed by atoms with Crippen molar-refractivity contribution in [3.05, 3.63) is 22.5 Å². The van der Waals surface area contributed by atoms with E-state index in [1.807, 2.05) is 12.2 Å². The summed E-state index contributed by atoms with van der Waals surface area (Å²) in [6.07, 6.45) is 10.6. The second kappa shape index (κ2) is 5.18. The van der Waals surface area contributed by atoms with Crippen molar-refractivity contribution in [3.63, 3.8) is 0 Å². The predicted molar refractivity (Wildman–Crippen MR) is 56.9 cm³/mol. The van der Waals surface area contributed by atoms with Crippen molar-refractivity contribution in [1.82, 2.24) is 0 Å². The van der Waals surface area contributed by atoms with Gasteiger partial charge in [0.25, 0.3) is 0 Å². The summed E-state index contributed by atoms with van der Waals surface area (Å²) in [5.74, 6) is 3.37. The first-order valence-electron chi connectivity index (χ1n) is 4.07. The quantitative estimate of drug-likeness (QED) is 0.399. The van der Waals surface area contributed by atoms with E-state index in [1.54, 1.807) is 0 Å².